The molecule has 2 heterocycles. The standard InChI is InChI=1S/C24H30FN3O4/c25-18-8-6-17(7-9-18)15-26-16-21-24(31)23(30)20(32-21)14-22(29)28-12-10-27(11-13-28)19-4-2-1-3-5-19/h1-9,20-21,23-24,26,30-31H,10-16H2/t20-,21+,23-,24+/m0/s1. The van der Waals surface area contributed by atoms with Crippen LogP contribution in [0, 0.1) is 5.82 Å². The summed E-state index contributed by atoms with van der Waals surface area (Å²) in [6.45, 7) is 3.53. The number of benzene rings is 2. The van der Waals surface area contributed by atoms with Gasteiger partial charge in [0.1, 0.15) is 18.0 Å². The third-order valence-electron chi connectivity index (χ3n) is 6.18. The predicted octanol–water partition coefficient (Wildman–Crippen LogP) is 1.14. The Labute approximate surface area is 187 Å². The van der Waals surface area contributed by atoms with Gasteiger partial charge in [0.05, 0.1) is 18.6 Å². The van der Waals surface area contributed by atoms with Crippen LogP contribution in [0.15, 0.2) is 54.6 Å². The second-order valence-electron chi connectivity index (χ2n) is 8.36. The summed E-state index contributed by atoms with van der Waals surface area (Å²) in [7, 11) is 0. The van der Waals surface area contributed by atoms with E-state index in [9.17, 15) is 19.4 Å². The molecule has 32 heavy (non-hydrogen) atoms. The van der Waals surface area contributed by atoms with Crippen LogP contribution in [-0.2, 0) is 16.1 Å². The molecule has 172 valence electrons. The lowest BCUT2D eigenvalue weighted by Crippen LogP contribution is -2.49. The molecule has 0 radical (unpaired) electrons. The van der Waals surface area contributed by atoms with Crippen molar-refractivity contribution in [1.82, 2.24) is 10.2 Å². The Morgan fingerprint density at radius 3 is 2.31 bits per heavy atom. The molecular weight excluding hydrogens is 413 g/mol. The minimum Gasteiger partial charge on any atom is -0.388 e. The maximum Gasteiger partial charge on any atom is 0.225 e. The molecule has 7 nitrogen and oxygen atoms in total. The molecule has 2 aromatic rings. The van der Waals surface area contributed by atoms with Crippen molar-refractivity contribution >= 4 is 11.6 Å². The number of aliphatic hydroxyl groups is 2. The Bertz CT molecular complexity index is 875. The third kappa shape index (κ3) is 5.45. The van der Waals surface area contributed by atoms with Crippen LogP contribution in [0.5, 0.6) is 0 Å². The van der Waals surface area contributed by atoms with Gasteiger partial charge in [0, 0.05) is 45.0 Å². The fraction of sp³-hybridized carbons (Fsp3) is 0.458. The average Bonchev–Trinajstić information content (AvgIpc) is 3.09. The molecule has 0 spiro atoms. The number of nitrogens with zero attached hydrogens (tertiary/aromatic N) is 2. The molecule has 2 aromatic carbocycles. The van der Waals surface area contributed by atoms with Crippen LogP contribution in [0.3, 0.4) is 0 Å². The van der Waals surface area contributed by atoms with Gasteiger partial charge in [-0.05, 0) is 29.8 Å². The third-order valence-corrected chi connectivity index (χ3v) is 6.18. The van der Waals surface area contributed by atoms with Crippen molar-refractivity contribution in [2.24, 2.45) is 0 Å². The van der Waals surface area contributed by atoms with Gasteiger partial charge in [-0.2, -0.15) is 0 Å². The number of aliphatic hydroxyl groups excluding tert-OH is 2. The van der Waals surface area contributed by atoms with Gasteiger partial charge in [0.2, 0.25) is 5.91 Å². The van der Waals surface area contributed by atoms with Gasteiger partial charge in [-0.3, -0.25) is 4.79 Å². The largest absolute Gasteiger partial charge is 0.388 e. The minimum absolute atomic E-state index is 0.0397. The van der Waals surface area contributed by atoms with Crippen molar-refractivity contribution in [3.63, 3.8) is 0 Å². The lowest BCUT2D eigenvalue weighted by atomic mass is 10.0. The minimum atomic E-state index is -1.11. The number of amides is 1. The van der Waals surface area contributed by atoms with Crippen LogP contribution in [0.1, 0.15) is 12.0 Å². The first-order chi connectivity index (χ1) is 15.5. The van der Waals surface area contributed by atoms with Gasteiger partial charge >= 0.3 is 0 Å². The normalized spacial score (nSPS) is 25.8. The molecule has 1 amide bonds. The van der Waals surface area contributed by atoms with Gasteiger partial charge in [-0.1, -0.05) is 30.3 Å². The van der Waals surface area contributed by atoms with E-state index in [0.717, 1.165) is 24.3 Å². The number of nitrogens with one attached hydrogen (secondary N) is 1. The fourth-order valence-electron chi connectivity index (χ4n) is 4.28. The van der Waals surface area contributed by atoms with Crippen molar-refractivity contribution in [2.75, 3.05) is 37.6 Å². The van der Waals surface area contributed by atoms with Gasteiger partial charge in [0.15, 0.2) is 0 Å². The van der Waals surface area contributed by atoms with Gasteiger partial charge in [0.25, 0.3) is 0 Å². The van der Waals surface area contributed by atoms with E-state index in [0.29, 0.717) is 26.2 Å². The van der Waals surface area contributed by atoms with Gasteiger partial charge < -0.3 is 30.1 Å². The van der Waals surface area contributed by atoms with E-state index in [1.165, 1.54) is 12.1 Å². The van der Waals surface area contributed by atoms with Gasteiger partial charge in [-0.15, -0.1) is 0 Å². The van der Waals surface area contributed by atoms with Crippen molar-refractivity contribution in [3.05, 3.63) is 66.0 Å². The summed E-state index contributed by atoms with van der Waals surface area (Å²) in [6, 6.07) is 16.3. The Kier molecular flexibility index (Phi) is 7.36. The lowest BCUT2D eigenvalue weighted by Gasteiger charge is -2.36. The van der Waals surface area contributed by atoms with Crippen molar-refractivity contribution in [3.8, 4) is 0 Å². The lowest BCUT2D eigenvalue weighted by molar-refractivity contribution is -0.135. The van der Waals surface area contributed by atoms with E-state index < -0.39 is 24.4 Å². The van der Waals surface area contributed by atoms with Crippen LogP contribution >= 0.6 is 0 Å². The number of hydrogen-bond acceptors (Lipinski definition) is 6. The summed E-state index contributed by atoms with van der Waals surface area (Å²) < 4.78 is 18.8. The smallest absolute Gasteiger partial charge is 0.225 e. The zero-order valence-electron chi connectivity index (χ0n) is 17.9. The summed E-state index contributed by atoms with van der Waals surface area (Å²) in [6.07, 6.45) is -3.48. The Morgan fingerprint density at radius 2 is 1.62 bits per heavy atom. The van der Waals surface area contributed by atoms with E-state index in [1.807, 2.05) is 18.2 Å². The molecule has 4 atom stereocenters. The maximum absolute atomic E-state index is 13.0. The molecular formula is C24H30FN3O4. The Balaban J connectivity index is 1.22. The number of hydrogen-bond donors (Lipinski definition) is 3. The first kappa shape index (κ1) is 22.7. The highest BCUT2D eigenvalue weighted by molar-refractivity contribution is 5.77. The van der Waals surface area contributed by atoms with E-state index in [2.05, 4.69) is 22.3 Å². The summed E-state index contributed by atoms with van der Waals surface area (Å²) in [5, 5.41) is 23.9. The number of anilines is 1. The Morgan fingerprint density at radius 1 is 0.969 bits per heavy atom. The summed E-state index contributed by atoms with van der Waals surface area (Å²) in [4.78, 5) is 16.8. The molecule has 2 aliphatic rings. The zero-order valence-corrected chi connectivity index (χ0v) is 17.9. The molecule has 2 fully saturated rings. The number of piperazine rings is 1. The number of halogens is 1. The molecule has 0 aliphatic carbocycles. The quantitative estimate of drug-likeness (QED) is 0.595. The predicted molar refractivity (Wildman–Crippen MR) is 119 cm³/mol. The highest BCUT2D eigenvalue weighted by Gasteiger charge is 2.43. The van der Waals surface area contributed by atoms with Crippen LogP contribution in [-0.4, -0.2) is 78.2 Å². The van der Waals surface area contributed by atoms with Crippen LogP contribution < -0.4 is 10.2 Å². The average molecular weight is 444 g/mol. The topological polar surface area (TPSA) is 85.3 Å². The van der Waals surface area contributed by atoms with Crippen molar-refractivity contribution in [2.45, 2.75) is 37.4 Å². The van der Waals surface area contributed by atoms with Crippen LogP contribution in [0.2, 0.25) is 0 Å². The number of carbonyl (C=O) groups is 1. The van der Waals surface area contributed by atoms with E-state index in [-0.39, 0.29) is 18.1 Å². The molecule has 2 aliphatic heterocycles. The number of rotatable bonds is 7. The first-order valence-electron chi connectivity index (χ1n) is 11.1. The first-order valence-corrected chi connectivity index (χ1v) is 11.1. The maximum atomic E-state index is 13.0. The van der Waals surface area contributed by atoms with E-state index >= 15 is 0 Å². The van der Waals surface area contributed by atoms with E-state index in [4.69, 9.17) is 4.74 Å². The molecule has 2 saturated heterocycles. The number of para-hydroxylation sites is 1. The molecule has 3 N–H and O–H groups in total. The number of ether oxygens (including phenoxy) is 1. The molecule has 0 saturated carbocycles. The zero-order chi connectivity index (χ0) is 22.5. The molecule has 0 aromatic heterocycles. The Hall–Kier alpha value is -2.52. The summed E-state index contributed by atoms with van der Waals surface area (Å²) >= 11 is 0. The molecule has 8 heteroatoms. The monoisotopic (exact) mass is 443 g/mol. The van der Waals surface area contributed by atoms with Crippen LogP contribution in [0.4, 0.5) is 10.1 Å². The summed E-state index contributed by atoms with van der Waals surface area (Å²) in [5.74, 6) is -0.366. The van der Waals surface area contributed by atoms with Gasteiger partial charge in [-0.25, -0.2) is 4.39 Å². The van der Waals surface area contributed by atoms with E-state index in [1.54, 1.807) is 17.0 Å². The molecule has 4 rings (SSSR count). The fourth-order valence-corrected chi connectivity index (χ4v) is 4.28. The van der Waals surface area contributed by atoms with Crippen molar-refractivity contribution < 1.29 is 24.1 Å². The van der Waals surface area contributed by atoms with Crippen molar-refractivity contribution in [1.29, 1.82) is 0 Å². The number of carbonyl (C=O) groups excluding carboxylic acids is 1. The highest BCUT2D eigenvalue weighted by atomic mass is 19.1. The second kappa shape index (κ2) is 10.4. The highest BCUT2D eigenvalue weighted by Crippen LogP contribution is 2.25. The molecule has 0 bridgehead atoms. The second-order valence-corrected chi connectivity index (χ2v) is 8.36. The SMILES string of the molecule is O=C(C[C@@H]1O[C@H](CNCc2ccc(F)cc2)[C@@H](O)[C@H]1O)N1CCN(c2ccccc2)CC1. The summed E-state index contributed by atoms with van der Waals surface area (Å²) in [5.41, 5.74) is 2.05. The molecule has 0 unspecified atom stereocenters. The van der Waals surface area contributed by atoms with Crippen LogP contribution in [0.25, 0.3) is 0 Å².